The third kappa shape index (κ3) is 3.73. The molecule has 1 fully saturated rings. The zero-order valence-corrected chi connectivity index (χ0v) is 7.53. The van der Waals surface area contributed by atoms with Crippen molar-refractivity contribution < 1.29 is 0 Å². The molecule has 1 rings (SSSR count). The highest BCUT2D eigenvalue weighted by Crippen LogP contribution is 2.03. The lowest BCUT2D eigenvalue weighted by atomic mass is 10.1. The molecule has 0 spiro atoms. The molecule has 0 amide bonds. The lowest BCUT2D eigenvalue weighted by Gasteiger charge is -2.24. The summed E-state index contributed by atoms with van der Waals surface area (Å²) in [7, 11) is 0. The third-order valence-electron chi connectivity index (χ3n) is 2.23. The molecule has 0 unspecified atom stereocenters. The Bertz CT molecular complexity index is 87.6. The molecule has 0 aromatic rings. The number of hydrogen-bond acceptors (Lipinski definition) is 2. The molecule has 1 aliphatic heterocycles. The lowest BCUT2D eigenvalue weighted by Crippen LogP contribution is -2.48. The summed E-state index contributed by atoms with van der Waals surface area (Å²) in [4.78, 5) is 0. The Morgan fingerprint density at radius 2 is 1.91 bits per heavy atom. The van der Waals surface area contributed by atoms with Crippen LogP contribution in [0, 0.1) is 0 Å². The van der Waals surface area contributed by atoms with Gasteiger partial charge in [0.15, 0.2) is 0 Å². The molecule has 11 heavy (non-hydrogen) atoms. The van der Waals surface area contributed by atoms with E-state index in [0.29, 0.717) is 6.17 Å². The molecule has 1 saturated heterocycles. The van der Waals surface area contributed by atoms with Crippen molar-refractivity contribution in [2.75, 3.05) is 13.1 Å². The first-order chi connectivity index (χ1) is 5.43. The van der Waals surface area contributed by atoms with Gasteiger partial charge in [0.2, 0.25) is 0 Å². The molecule has 0 radical (unpaired) electrons. The summed E-state index contributed by atoms with van der Waals surface area (Å²) < 4.78 is 0. The molecule has 0 aromatic heterocycles. The smallest absolute Gasteiger partial charge is 0.0571 e. The van der Waals surface area contributed by atoms with Gasteiger partial charge in [0, 0.05) is 0 Å². The average molecular weight is 156 g/mol. The first kappa shape index (κ1) is 9.01. The standard InChI is InChI=1S/C9H20N2/c1-2-3-4-6-9-10-7-5-8-11-9/h9-11H,2-8H2,1H3. The number of unbranched alkanes of at least 4 members (excludes halogenated alkanes) is 2. The predicted octanol–water partition coefficient (Wildman–Crippen LogP) is 1.48. The predicted molar refractivity (Wildman–Crippen MR) is 48.6 cm³/mol. The summed E-state index contributed by atoms with van der Waals surface area (Å²) in [6, 6.07) is 0. The summed E-state index contributed by atoms with van der Waals surface area (Å²) in [5.41, 5.74) is 0. The second-order valence-corrected chi connectivity index (χ2v) is 3.31. The van der Waals surface area contributed by atoms with Gasteiger partial charge in [-0.25, -0.2) is 0 Å². The molecule has 0 aromatic carbocycles. The van der Waals surface area contributed by atoms with Crippen LogP contribution in [0.15, 0.2) is 0 Å². The molecule has 1 aliphatic rings. The minimum atomic E-state index is 0.607. The summed E-state index contributed by atoms with van der Waals surface area (Å²) in [6.07, 6.45) is 7.25. The Morgan fingerprint density at radius 3 is 2.55 bits per heavy atom. The van der Waals surface area contributed by atoms with Gasteiger partial charge in [0.1, 0.15) is 0 Å². The highest BCUT2D eigenvalue weighted by atomic mass is 15.1. The fraction of sp³-hybridized carbons (Fsp3) is 1.00. The summed E-state index contributed by atoms with van der Waals surface area (Å²) in [6.45, 7) is 4.65. The molecule has 0 aliphatic carbocycles. The van der Waals surface area contributed by atoms with Crippen LogP contribution in [-0.2, 0) is 0 Å². The van der Waals surface area contributed by atoms with Gasteiger partial charge in [0.05, 0.1) is 6.17 Å². The van der Waals surface area contributed by atoms with Gasteiger partial charge in [-0.15, -0.1) is 0 Å². The van der Waals surface area contributed by atoms with Gasteiger partial charge < -0.3 is 10.6 Å². The normalized spacial score (nSPS) is 20.5. The minimum absolute atomic E-state index is 0.607. The van der Waals surface area contributed by atoms with Gasteiger partial charge in [-0.1, -0.05) is 26.2 Å². The summed E-state index contributed by atoms with van der Waals surface area (Å²) in [5.74, 6) is 0. The number of hydrogen-bond donors (Lipinski definition) is 2. The van der Waals surface area contributed by atoms with E-state index in [2.05, 4.69) is 17.6 Å². The second kappa shape index (κ2) is 5.56. The monoisotopic (exact) mass is 156 g/mol. The average Bonchev–Trinajstić information content (AvgIpc) is 2.07. The van der Waals surface area contributed by atoms with Crippen molar-refractivity contribution in [3.63, 3.8) is 0 Å². The second-order valence-electron chi connectivity index (χ2n) is 3.31. The Hall–Kier alpha value is -0.0800. The molecule has 66 valence electrons. The molecule has 2 nitrogen and oxygen atoms in total. The van der Waals surface area contributed by atoms with Crippen LogP contribution in [0.2, 0.25) is 0 Å². The number of rotatable bonds is 4. The van der Waals surface area contributed by atoms with E-state index in [-0.39, 0.29) is 0 Å². The van der Waals surface area contributed by atoms with Crippen LogP contribution in [0.4, 0.5) is 0 Å². The molecule has 2 N–H and O–H groups in total. The van der Waals surface area contributed by atoms with Crippen molar-refractivity contribution in [1.82, 2.24) is 10.6 Å². The van der Waals surface area contributed by atoms with E-state index >= 15 is 0 Å². The molecular formula is C9H20N2. The van der Waals surface area contributed by atoms with Gasteiger partial charge in [-0.05, 0) is 25.9 Å². The third-order valence-corrected chi connectivity index (χ3v) is 2.23. The maximum atomic E-state index is 3.47. The van der Waals surface area contributed by atoms with Gasteiger partial charge in [-0.3, -0.25) is 0 Å². The topological polar surface area (TPSA) is 24.1 Å². The molecule has 0 bridgehead atoms. The summed E-state index contributed by atoms with van der Waals surface area (Å²) in [5, 5.41) is 6.93. The molecular weight excluding hydrogens is 136 g/mol. The summed E-state index contributed by atoms with van der Waals surface area (Å²) >= 11 is 0. The lowest BCUT2D eigenvalue weighted by molar-refractivity contribution is 0.343. The van der Waals surface area contributed by atoms with Crippen LogP contribution in [0.1, 0.15) is 39.0 Å². The van der Waals surface area contributed by atoms with E-state index in [1.165, 1.54) is 45.2 Å². The van der Waals surface area contributed by atoms with Crippen LogP contribution in [0.3, 0.4) is 0 Å². The highest BCUT2D eigenvalue weighted by Gasteiger charge is 2.09. The Morgan fingerprint density at radius 1 is 1.18 bits per heavy atom. The van der Waals surface area contributed by atoms with E-state index < -0.39 is 0 Å². The molecule has 1 heterocycles. The van der Waals surface area contributed by atoms with Crippen LogP contribution in [0.25, 0.3) is 0 Å². The highest BCUT2D eigenvalue weighted by molar-refractivity contribution is 4.69. The maximum Gasteiger partial charge on any atom is 0.0571 e. The van der Waals surface area contributed by atoms with E-state index in [4.69, 9.17) is 0 Å². The van der Waals surface area contributed by atoms with Crippen LogP contribution < -0.4 is 10.6 Å². The Labute approximate surface area is 69.8 Å². The van der Waals surface area contributed by atoms with Gasteiger partial charge in [0.25, 0.3) is 0 Å². The van der Waals surface area contributed by atoms with Crippen molar-refractivity contribution in [3.8, 4) is 0 Å². The van der Waals surface area contributed by atoms with E-state index in [1.54, 1.807) is 0 Å². The first-order valence-electron chi connectivity index (χ1n) is 4.90. The van der Waals surface area contributed by atoms with E-state index in [9.17, 15) is 0 Å². The number of nitrogens with one attached hydrogen (secondary N) is 2. The largest absolute Gasteiger partial charge is 0.302 e. The van der Waals surface area contributed by atoms with Crippen molar-refractivity contribution in [2.24, 2.45) is 0 Å². The minimum Gasteiger partial charge on any atom is -0.302 e. The molecule has 2 heteroatoms. The zero-order valence-electron chi connectivity index (χ0n) is 7.53. The Balaban J connectivity index is 1.96. The zero-order chi connectivity index (χ0) is 7.94. The van der Waals surface area contributed by atoms with Crippen LogP contribution >= 0.6 is 0 Å². The Kier molecular flexibility index (Phi) is 4.55. The quantitative estimate of drug-likeness (QED) is 0.602. The van der Waals surface area contributed by atoms with Crippen LogP contribution in [-0.4, -0.2) is 19.3 Å². The molecule has 0 atom stereocenters. The van der Waals surface area contributed by atoms with Crippen molar-refractivity contribution in [2.45, 2.75) is 45.2 Å². The van der Waals surface area contributed by atoms with Gasteiger partial charge in [-0.2, -0.15) is 0 Å². The van der Waals surface area contributed by atoms with E-state index in [1.807, 2.05) is 0 Å². The fourth-order valence-electron chi connectivity index (χ4n) is 1.52. The van der Waals surface area contributed by atoms with Crippen LogP contribution in [0.5, 0.6) is 0 Å². The van der Waals surface area contributed by atoms with Gasteiger partial charge >= 0.3 is 0 Å². The van der Waals surface area contributed by atoms with Crippen molar-refractivity contribution in [1.29, 1.82) is 0 Å². The fourth-order valence-corrected chi connectivity index (χ4v) is 1.52. The van der Waals surface area contributed by atoms with Crippen molar-refractivity contribution in [3.05, 3.63) is 0 Å². The van der Waals surface area contributed by atoms with Crippen molar-refractivity contribution >= 4 is 0 Å². The SMILES string of the molecule is CCCCCC1NCCCN1. The van der Waals surface area contributed by atoms with E-state index in [0.717, 1.165) is 0 Å². The molecule has 0 saturated carbocycles. The maximum absolute atomic E-state index is 3.47. The first-order valence-corrected chi connectivity index (χ1v) is 4.90.